The number of amides is 4. The van der Waals surface area contributed by atoms with Crippen LogP contribution in [0.3, 0.4) is 0 Å². The van der Waals surface area contributed by atoms with Crippen molar-refractivity contribution < 1.29 is 19.2 Å². The lowest BCUT2D eigenvalue weighted by atomic mass is 10.0. The molecule has 0 aromatic heterocycles. The van der Waals surface area contributed by atoms with E-state index >= 15 is 0 Å². The van der Waals surface area contributed by atoms with E-state index in [2.05, 4.69) is 0 Å². The number of alkyl halides is 2. The fraction of sp³-hybridized carbons (Fsp3) is 0.238. The maximum Gasteiger partial charge on any atom is 0.252 e. The van der Waals surface area contributed by atoms with Crippen LogP contribution in [0.5, 0.6) is 0 Å². The molecule has 0 aliphatic carbocycles. The van der Waals surface area contributed by atoms with Crippen molar-refractivity contribution in [1.29, 1.82) is 0 Å². The predicted octanol–water partition coefficient (Wildman–Crippen LogP) is 3.02. The van der Waals surface area contributed by atoms with Crippen LogP contribution in [0.1, 0.15) is 24.0 Å². The summed E-state index contributed by atoms with van der Waals surface area (Å²) < 4.78 is 0. The molecular weight excluding hydrogens is 415 g/mol. The number of carbonyl (C=O) groups excluding carboxylic acids is 4. The third-order valence-corrected chi connectivity index (χ3v) is 5.66. The van der Waals surface area contributed by atoms with Crippen molar-refractivity contribution in [2.75, 3.05) is 9.80 Å². The van der Waals surface area contributed by atoms with E-state index in [4.69, 9.17) is 23.2 Å². The fourth-order valence-electron chi connectivity index (χ4n) is 3.49. The maximum atomic E-state index is 12.0. The molecule has 2 fully saturated rings. The van der Waals surface area contributed by atoms with E-state index in [1.54, 1.807) is 24.3 Å². The summed E-state index contributed by atoms with van der Waals surface area (Å²) in [4.78, 5) is 50.1. The van der Waals surface area contributed by atoms with Crippen molar-refractivity contribution >= 4 is 58.2 Å². The van der Waals surface area contributed by atoms with Crippen LogP contribution in [0.4, 0.5) is 11.4 Å². The second kappa shape index (κ2) is 7.61. The molecule has 2 aliphatic heterocycles. The topological polar surface area (TPSA) is 74.8 Å². The van der Waals surface area contributed by atoms with E-state index in [0.717, 1.165) is 20.9 Å². The first-order valence-electron chi connectivity index (χ1n) is 9.05. The van der Waals surface area contributed by atoms with Crippen molar-refractivity contribution in [1.82, 2.24) is 0 Å². The van der Waals surface area contributed by atoms with Crippen molar-refractivity contribution in [3.63, 3.8) is 0 Å². The molecule has 2 aliphatic rings. The zero-order valence-electron chi connectivity index (χ0n) is 15.2. The fourth-order valence-corrected chi connectivity index (χ4v) is 3.95. The van der Waals surface area contributed by atoms with Crippen LogP contribution < -0.4 is 9.80 Å². The van der Waals surface area contributed by atoms with Crippen LogP contribution in [0.25, 0.3) is 0 Å². The Morgan fingerprint density at radius 2 is 1.00 bits per heavy atom. The van der Waals surface area contributed by atoms with Crippen molar-refractivity contribution in [3.8, 4) is 0 Å². The Kier molecular flexibility index (Phi) is 5.15. The number of hydrogen-bond acceptors (Lipinski definition) is 4. The minimum absolute atomic E-state index is 0.0149. The molecule has 6 nitrogen and oxygen atoms in total. The van der Waals surface area contributed by atoms with Crippen molar-refractivity contribution in [3.05, 3.63) is 59.7 Å². The number of anilines is 2. The zero-order valence-corrected chi connectivity index (χ0v) is 16.7. The van der Waals surface area contributed by atoms with Gasteiger partial charge in [0.1, 0.15) is 10.8 Å². The molecule has 0 N–H and O–H groups in total. The summed E-state index contributed by atoms with van der Waals surface area (Å²) in [7, 11) is 0. The Balaban J connectivity index is 1.46. The first-order valence-corrected chi connectivity index (χ1v) is 9.92. The second-order valence-electron chi connectivity index (χ2n) is 6.99. The average Bonchev–Trinajstić information content (AvgIpc) is 3.10. The highest BCUT2D eigenvalue weighted by molar-refractivity contribution is 6.41. The predicted molar refractivity (Wildman–Crippen MR) is 109 cm³/mol. The Bertz CT molecular complexity index is 923. The molecule has 2 aromatic rings. The van der Waals surface area contributed by atoms with Crippen LogP contribution in [-0.2, 0) is 25.6 Å². The van der Waals surface area contributed by atoms with Crippen molar-refractivity contribution in [2.24, 2.45) is 0 Å². The average molecular weight is 431 g/mol. The van der Waals surface area contributed by atoms with E-state index in [-0.39, 0.29) is 24.7 Å². The van der Waals surface area contributed by atoms with Gasteiger partial charge in [-0.05, 0) is 41.8 Å². The van der Waals surface area contributed by atoms with E-state index in [1.807, 2.05) is 24.3 Å². The summed E-state index contributed by atoms with van der Waals surface area (Å²) in [5, 5.41) is -1.60. The van der Waals surface area contributed by atoms with Gasteiger partial charge >= 0.3 is 0 Å². The van der Waals surface area contributed by atoms with Gasteiger partial charge in [-0.25, -0.2) is 9.80 Å². The number of carbonyl (C=O) groups is 4. The number of hydrogen-bond donors (Lipinski definition) is 0. The monoisotopic (exact) mass is 430 g/mol. The van der Waals surface area contributed by atoms with Crippen LogP contribution in [0.2, 0.25) is 0 Å². The highest BCUT2D eigenvalue weighted by Gasteiger charge is 2.39. The Morgan fingerprint density at radius 1 is 0.655 bits per heavy atom. The van der Waals surface area contributed by atoms with E-state index in [9.17, 15) is 19.2 Å². The van der Waals surface area contributed by atoms with Crippen LogP contribution in [0.15, 0.2) is 48.5 Å². The number of benzene rings is 2. The first kappa shape index (κ1) is 19.6. The normalized spacial score (nSPS) is 22.1. The van der Waals surface area contributed by atoms with Gasteiger partial charge in [-0.1, -0.05) is 24.3 Å². The Labute approximate surface area is 177 Å². The molecule has 2 aromatic carbocycles. The van der Waals surface area contributed by atoms with Gasteiger partial charge < -0.3 is 0 Å². The summed E-state index contributed by atoms with van der Waals surface area (Å²) >= 11 is 11.7. The molecule has 0 bridgehead atoms. The van der Waals surface area contributed by atoms with E-state index in [1.165, 1.54) is 0 Å². The van der Waals surface area contributed by atoms with Gasteiger partial charge in [0.25, 0.3) is 11.8 Å². The van der Waals surface area contributed by atoms with Crippen LogP contribution >= 0.6 is 23.2 Å². The van der Waals surface area contributed by atoms with Gasteiger partial charge in [0.05, 0.1) is 24.2 Å². The van der Waals surface area contributed by atoms with Crippen LogP contribution in [0, 0.1) is 0 Å². The lowest BCUT2D eigenvalue weighted by Gasteiger charge is -2.15. The van der Waals surface area contributed by atoms with Gasteiger partial charge in [-0.15, -0.1) is 23.2 Å². The number of nitrogens with zero attached hydrogens (tertiary/aromatic N) is 2. The molecule has 29 heavy (non-hydrogen) atoms. The zero-order chi connectivity index (χ0) is 20.7. The van der Waals surface area contributed by atoms with Crippen molar-refractivity contribution in [2.45, 2.75) is 30.0 Å². The SMILES string of the molecule is O=C1CC(Cl)C(=O)N1c1ccc(Cc2ccc(N3C(=O)CC(Cl)C3=O)cc2)cc1. The Hall–Kier alpha value is -2.70. The number of rotatable bonds is 4. The molecule has 2 heterocycles. The largest absolute Gasteiger partial charge is 0.274 e. The van der Waals surface area contributed by atoms with Gasteiger partial charge in [0.2, 0.25) is 11.8 Å². The number of halogens is 2. The molecule has 0 radical (unpaired) electrons. The lowest BCUT2D eigenvalue weighted by molar-refractivity contribution is -0.122. The highest BCUT2D eigenvalue weighted by atomic mass is 35.5. The Morgan fingerprint density at radius 3 is 1.28 bits per heavy atom. The summed E-state index contributed by atoms with van der Waals surface area (Å²) in [6, 6.07) is 14.3. The molecular formula is C21H16Cl2N2O4. The molecule has 4 amide bonds. The number of imide groups is 2. The molecule has 2 saturated heterocycles. The first-order chi connectivity index (χ1) is 13.8. The quantitative estimate of drug-likeness (QED) is 0.551. The van der Waals surface area contributed by atoms with E-state index < -0.39 is 22.6 Å². The lowest BCUT2D eigenvalue weighted by Crippen LogP contribution is -2.30. The third kappa shape index (κ3) is 3.66. The minimum atomic E-state index is -0.802. The molecule has 0 spiro atoms. The van der Waals surface area contributed by atoms with Gasteiger partial charge in [-0.3, -0.25) is 19.2 Å². The smallest absolute Gasteiger partial charge is 0.252 e. The molecule has 148 valence electrons. The summed E-state index contributed by atoms with van der Waals surface area (Å²) in [6.45, 7) is 0. The maximum absolute atomic E-state index is 12.0. The third-order valence-electron chi connectivity index (χ3n) is 4.98. The van der Waals surface area contributed by atoms with Gasteiger partial charge in [0.15, 0.2) is 0 Å². The van der Waals surface area contributed by atoms with Crippen LogP contribution in [-0.4, -0.2) is 34.4 Å². The molecule has 8 heteroatoms. The second-order valence-corrected chi connectivity index (χ2v) is 8.04. The molecule has 0 saturated carbocycles. The minimum Gasteiger partial charge on any atom is -0.274 e. The summed E-state index contributed by atoms with van der Waals surface area (Å²) in [5.74, 6) is -1.40. The summed E-state index contributed by atoms with van der Waals surface area (Å²) in [6.07, 6.45) is 0.641. The van der Waals surface area contributed by atoms with Gasteiger partial charge in [0, 0.05) is 0 Å². The molecule has 2 atom stereocenters. The molecule has 2 unspecified atom stereocenters. The molecule has 4 rings (SSSR count). The van der Waals surface area contributed by atoms with E-state index in [0.29, 0.717) is 17.8 Å². The highest BCUT2D eigenvalue weighted by Crippen LogP contribution is 2.28. The summed E-state index contributed by atoms with van der Waals surface area (Å²) in [5.41, 5.74) is 2.97. The van der Waals surface area contributed by atoms with Gasteiger partial charge in [-0.2, -0.15) is 0 Å². The standard InChI is InChI=1S/C21H16Cl2N2O4/c22-16-10-18(26)24(20(16)28)14-5-1-12(2-6-14)9-13-3-7-15(8-4-13)25-19(27)11-17(23)21(25)29/h1-8,16-17H,9-11H2.